The zero-order valence-corrected chi connectivity index (χ0v) is 16.2. The average Bonchev–Trinajstić information content (AvgIpc) is 3.18. The van der Waals surface area contributed by atoms with Crippen molar-refractivity contribution in [2.24, 2.45) is 0 Å². The van der Waals surface area contributed by atoms with Gasteiger partial charge in [-0.05, 0) is 30.3 Å². The molecule has 7 nitrogen and oxygen atoms in total. The lowest BCUT2D eigenvalue weighted by Crippen LogP contribution is -3.27. The number of hydrogen-bond donors (Lipinski definition) is 4. The molecule has 0 bridgehead atoms. The van der Waals surface area contributed by atoms with Gasteiger partial charge in [-0.15, -0.1) is 0 Å². The van der Waals surface area contributed by atoms with Gasteiger partial charge in [-0.25, -0.2) is 4.79 Å². The minimum Gasteiger partial charge on any atom is -0.454 e. The number of urea groups is 1. The van der Waals surface area contributed by atoms with E-state index in [1.165, 1.54) is 10.5 Å². The number of para-hydroxylation sites is 1. The molecular formula is C21H28N4O3+2. The quantitative estimate of drug-likeness (QED) is 0.572. The molecule has 4 rings (SSSR count). The molecule has 0 aliphatic carbocycles. The van der Waals surface area contributed by atoms with E-state index in [1.54, 1.807) is 4.90 Å². The lowest BCUT2D eigenvalue weighted by atomic mass is 10.0. The normalized spacial score (nSPS) is 21.8. The van der Waals surface area contributed by atoms with E-state index in [-0.39, 0.29) is 18.9 Å². The molecule has 0 spiro atoms. The van der Waals surface area contributed by atoms with Gasteiger partial charge in [-0.2, -0.15) is 0 Å². The summed E-state index contributed by atoms with van der Waals surface area (Å²) in [5.41, 5.74) is 1.95. The van der Waals surface area contributed by atoms with E-state index in [0.29, 0.717) is 6.54 Å². The summed E-state index contributed by atoms with van der Waals surface area (Å²) in [6.07, 6.45) is 0. The highest BCUT2D eigenvalue weighted by atomic mass is 16.7. The van der Waals surface area contributed by atoms with Gasteiger partial charge >= 0.3 is 6.03 Å². The van der Waals surface area contributed by atoms with Crippen LogP contribution in [0.5, 0.6) is 11.5 Å². The monoisotopic (exact) mass is 384 g/mol. The molecule has 148 valence electrons. The van der Waals surface area contributed by atoms with Gasteiger partial charge in [0.25, 0.3) is 0 Å². The van der Waals surface area contributed by atoms with Crippen LogP contribution in [0.2, 0.25) is 0 Å². The molecule has 4 N–H and O–H groups in total. The smallest absolute Gasteiger partial charge is 0.319 e. The van der Waals surface area contributed by atoms with Crippen LogP contribution in [0.15, 0.2) is 48.5 Å². The van der Waals surface area contributed by atoms with E-state index in [1.807, 2.05) is 36.4 Å². The fraction of sp³-hybridized carbons (Fsp3) is 0.381. The molecule has 7 heteroatoms. The van der Waals surface area contributed by atoms with Crippen LogP contribution in [0.4, 0.5) is 10.5 Å². The van der Waals surface area contributed by atoms with Crippen LogP contribution < -0.4 is 29.9 Å². The summed E-state index contributed by atoms with van der Waals surface area (Å²) >= 11 is 0. The number of piperazine rings is 1. The first-order valence-corrected chi connectivity index (χ1v) is 9.84. The summed E-state index contributed by atoms with van der Waals surface area (Å²) in [7, 11) is 2.23. The first kappa shape index (κ1) is 18.6. The van der Waals surface area contributed by atoms with Crippen LogP contribution in [-0.2, 0) is 0 Å². The molecule has 28 heavy (non-hydrogen) atoms. The maximum atomic E-state index is 12.4. The third kappa shape index (κ3) is 4.37. The van der Waals surface area contributed by atoms with Gasteiger partial charge in [0.15, 0.2) is 11.5 Å². The highest BCUT2D eigenvalue weighted by molar-refractivity contribution is 5.89. The van der Waals surface area contributed by atoms with Crippen LogP contribution in [0, 0.1) is 0 Å². The van der Waals surface area contributed by atoms with Gasteiger partial charge in [-0.3, -0.25) is 0 Å². The Bertz CT molecular complexity index is 807. The number of nitrogens with one attached hydrogen (secondary N) is 4. The number of anilines is 1. The zero-order valence-electron chi connectivity index (χ0n) is 16.2. The molecule has 0 radical (unpaired) electrons. The van der Waals surface area contributed by atoms with Crippen molar-refractivity contribution in [2.75, 3.05) is 51.9 Å². The largest absolute Gasteiger partial charge is 0.454 e. The van der Waals surface area contributed by atoms with Crippen molar-refractivity contribution in [3.8, 4) is 11.5 Å². The number of rotatable bonds is 5. The van der Waals surface area contributed by atoms with E-state index in [0.717, 1.165) is 43.4 Å². The molecule has 0 saturated carbocycles. The molecule has 0 aromatic heterocycles. The molecule has 2 heterocycles. The van der Waals surface area contributed by atoms with E-state index < -0.39 is 0 Å². The Hall–Kier alpha value is -2.77. The Morgan fingerprint density at radius 3 is 2.57 bits per heavy atom. The molecule has 1 fully saturated rings. The van der Waals surface area contributed by atoms with E-state index in [2.05, 4.69) is 29.8 Å². The minimum atomic E-state index is -0.184. The van der Waals surface area contributed by atoms with Crippen LogP contribution in [0.1, 0.15) is 11.6 Å². The maximum Gasteiger partial charge on any atom is 0.319 e. The van der Waals surface area contributed by atoms with E-state index >= 15 is 0 Å². The number of ether oxygens (including phenoxy) is 2. The SMILES string of the molecule is C[NH+]1CC[NH+]([C@@H](CNC(=O)Nc2ccccc2)c2ccc3c(c2)OCO3)CC1. The van der Waals surface area contributed by atoms with Gasteiger partial charge in [-0.1, -0.05) is 18.2 Å². The predicted molar refractivity (Wildman–Crippen MR) is 106 cm³/mol. The average molecular weight is 384 g/mol. The molecular weight excluding hydrogens is 356 g/mol. The van der Waals surface area contributed by atoms with Crippen LogP contribution in [0.25, 0.3) is 0 Å². The first-order valence-electron chi connectivity index (χ1n) is 9.84. The molecule has 2 aromatic rings. The molecule has 2 aliphatic heterocycles. The topological polar surface area (TPSA) is 68.5 Å². The first-order chi connectivity index (χ1) is 13.7. The predicted octanol–water partition coefficient (Wildman–Crippen LogP) is -0.309. The summed E-state index contributed by atoms with van der Waals surface area (Å²) in [4.78, 5) is 15.4. The summed E-state index contributed by atoms with van der Waals surface area (Å²) in [5.74, 6) is 1.57. The number of hydrogen-bond acceptors (Lipinski definition) is 3. The van der Waals surface area contributed by atoms with Crippen molar-refractivity contribution in [2.45, 2.75) is 6.04 Å². The van der Waals surface area contributed by atoms with E-state index in [9.17, 15) is 4.79 Å². The number of fused-ring (bicyclic) bond motifs is 1. The maximum absolute atomic E-state index is 12.4. The Labute approximate surface area is 165 Å². The molecule has 2 amide bonds. The van der Waals surface area contributed by atoms with Gasteiger partial charge in [0, 0.05) is 11.3 Å². The molecule has 0 unspecified atom stereocenters. The number of amides is 2. The Balaban J connectivity index is 1.46. The van der Waals surface area contributed by atoms with Gasteiger partial charge in [0.1, 0.15) is 32.2 Å². The van der Waals surface area contributed by atoms with Gasteiger partial charge in [0.2, 0.25) is 6.79 Å². The van der Waals surface area contributed by atoms with Crippen molar-refractivity contribution < 1.29 is 24.1 Å². The third-order valence-corrected chi connectivity index (χ3v) is 5.54. The minimum absolute atomic E-state index is 0.170. The lowest BCUT2D eigenvalue weighted by Gasteiger charge is -2.33. The van der Waals surface area contributed by atoms with Crippen molar-refractivity contribution in [1.29, 1.82) is 0 Å². The second-order valence-corrected chi connectivity index (χ2v) is 7.48. The van der Waals surface area contributed by atoms with Gasteiger partial charge < -0.3 is 29.9 Å². The Morgan fingerprint density at radius 1 is 1.04 bits per heavy atom. The highest BCUT2D eigenvalue weighted by Crippen LogP contribution is 2.33. The van der Waals surface area contributed by atoms with E-state index in [4.69, 9.17) is 9.47 Å². The highest BCUT2D eigenvalue weighted by Gasteiger charge is 2.31. The molecule has 2 aliphatic rings. The number of quaternary nitrogens is 2. The zero-order chi connectivity index (χ0) is 19.3. The third-order valence-electron chi connectivity index (χ3n) is 5.54. The summed E-state index contributed by atoms with van der Waals surface area (Å²) in [6, 6.07) is 15.6. The van der Waals surface area contributed by atoms with Crippen molar-refractivity contribution >= 4 is 11.7 Å². The Morgan fingerprint density at radius 2 is 1.79 bits per heavy atom. The molecule has 1 saturated heterocycles. The molecule has 1 atom stereocenters. The van der Waals surface area contributed by atoms with Crippen LogP contribution in [-0.4, -0.2) is 52.6 Å². The number of benzene rings is 2. The summed E-state index contributed by atoms with van der Waals surface area (Å²) < 4.78 is 11.0. The number of carbonyl (C=O) groups is 1. The number of carbonyl (C=O) groups excluding carboxylic acids is 1. The summed E-state index contributed by atoms with van der Waals surface area (Å²) in [5, 5.41) is 5.95. The Kier molecular flexibility index (Phi) is 5.64. The standard InChI is InChI=1S/C21H26N4O3/c1-24-9-11-25(12-10-24)18(16-7-8-19-20(13-16)28-15-27-19)14-22-21(26)23-17-5-3-2-4-6-17/h2-8,13,18H,9-12,14-15H2,1H3,(H2,22,23,26)/p+2/t18-/m0/s1. The second-order valence-electron chi connectivity index (χ2n) is 7.48. The van der Waals surface area contributed by atoms with Crippen molar-refractivity contribution in [3.63, 3.8) is 0 Å². The molecule has 2 aromatic carbocycles. The van der Waals surface area contributed by atoms with Crippen molar-refractivity contribution in [1.82, 2.24) is 5.32 Å². The van der Waals surface area contributed by atoms with Crippen LogP contribution in [0.3, 0.4) is 0 Å². The lowest BCUT2D eigenvalue weighted by molar-refractivity contribution is -1.02. The van der Waals surface area contributed by atoms with Crippen molar-refractivity contribution in [3.05, 3.63) is 54.1 Å². The number of likely N-dealkylation sites (N-methyl/N-ethyl adjacent to an activating group) is 1. The fourth-order valence-corrected chi connectivity index (χ4v) is 3.87. The van der Waals surface area contributed by atoms with Crippen LogP contribution >= 0.6 is 0 Å². The summed E-state index contributed by atoms with van der Waals surface area (Å²) in [6.45, 7) is 5.25. The van der Waals surface area contributed by atoms with Gasteiger partial charge in [0.05, 0.1) is 13.6 Å². The fourth-order valence-electron chi connectivity index (χ4n) is 3.87. The second kappa shape index (κ2) is 8.50.